The Morgan fingerprint density at radius 1 is 1.17 bits per heavy atom. The lowest BCUT2D eigenvalue weighted by Gasteiger charge is -2.48. The molecule has 0 spiro atoms. The predicted molar refractivity (Wildman–Crippen MR) is 93.2 cm³/mol. The summed E-state index contributed by atoms with van der Waals surface area (Å²) in [5.74, 6) is 0. The van der Waals surface area contributed by atoms with Crippen LogP contribution in [0.5, 0.6) is 0 Å². The van der Waals surface area contributed by atoms with Crippen LogP contribution in [0.3, 0.4) is 0 Å². The Morgan fingerprint density at radius 2 is 1.92 bits per heavy atom. The molecule has 0 unspecified atom stereocenters. The highest BCUT2D eigenvalue weighted by Gasteiger charge is 2.38. The number of carbonyl (C=O) groups excluding carboxylic acids is 1. The van der Waals surface area contributed by atoms with Crippen molar-refractivity contribution >= 4 is 6.03 Å². The van der Waals surface area contributed by atoms with E-state index in [0.29, 0.717) is 0 Å². The van der Waals surface area contributed by atoms with Crippen LogP contribution in [0.15, 0.2) is 0 Å². The standard InChI is InChI=1S/C18H33N3O3/c1-15-13-16(5-10-24-15)20-17(22)19-14-18(6-3-2-4-7-18)21-8-11-23-12-9-21/h15-16H,2-14H2,1H3,(H2,19,20,22)/t15-,16-/m1/s1. The van der Waals surface area contributed by atoms with Gasteiger partial charge in [0, 0.05) is 37.8 Å². The van der Waals surface area contributed by atoms with Crippen LogP contribution in [-0.2, 0) is 9.47 Å². The molecule has 3 rings (SSSR count). The smallest absolute Gasteiger partial charge is 0.315 e. The summed E-state index contributed by atoms with van der Waals surface area (Å²) in [7, 11) is 0. The van der Waals surface area contributed by atoms with Crippen LogP contribution in [0.4, 0.5) is 4.79 Å². The van der Waals surface area contributed by atoms with Crippen molar-refractivity contribution in [1.29, 1.82) is 0 Å². The van der Waals surface area contributed by atoms with Crippen molar-refractivity contribution in [2.24, 2.45) is 0 Å². The van der Waals surface area contributed by atoms with Gasteiger partial charge < -0.3 is 20.1 Å². The summed E-state index contributed by atoms with van der Waals surface area (Å²) in [5.41, 5.74) is 0.127. The van der Waals surface area contributed by atoms with E-state index in [0.717, 1.165) is 52.3 Å². The largest absolute Gasteiger partial charge is 0.379 e. The van der Waals surface area contributed by atoms with E-state index in [4.69, 9.17) is 9.47 Å². The number of hydrogen-bond acceptors (Lipinski definition) is 4. The Bertz CT molecular complexity index is 406. The topological polar surface area (TPSA) is 62.8 Å². The molecule has 1 saturated carbocycles. The molecule has 0 aromatic carbocycles. The number of amides is 2. The number of rotatable bonds is 4. The van der Waals surface area contributed by atoms with Crippen LogP contribution in [0.25, 0.3) is 0 Å². The number of nitrogens with zero attached hydrogens (tertiary/aromatic N) is 1. The zero-order valence-electron chi connectivity index (χ0n) is 15.0. The third kappa shape index (κ3) is 4.61. The van der Waals surface area contributed by atoms with Crippen LogP contribution >= 0.6 is 0 Å². The molecule has 2 N–H and O–H groups in total. The van der Waals surface area contributed by atoms with Gasteiger partial charge in [0.15, 0.2) is 0 Å². The average molecular weight is 339 g/mol. The summed E-state index contributed by atoms with van der Waals surface area (Å²) >= 11 is 0. The van der Waals surface area contributed by atoms with Gasteiger partial charge in [-0.05, 0) is 32.6 Å². The Hall–Kier alpha value is -0.850. The summed E-state index contributed by atoms with van der Waals surface area (Å²) in [4.78, 5) is 14.9. The zero-order valence-corrected chi connectivity index (χ0v) is 15.0. The van der Waals surface area contributed by atoms with Crippen molar-refractivity contribution in [3.63, 3.8) is 0 Å². The molecule has 6 heteroatoms. The molecule has 138 valence electrons. The van der Waals surface area contributed by atoms with E-state index in [1.165, 1.54) is 32.1 Å². The summed E-state index contributed by atoms with van der Waals surface area (Å²) < 4.78 is 11.1. The summed E-state index contributed by atoms with van der Waals surface area (Å²) in [6.07, 6.45) is 8.26. The van der Waals surface area contributed by atoms with E-state index < -0.39 is 0 Å². The quantitative estimate of drug-likeness (QED) is 0.821. The van der Waals surface area contributed by atoms with Crippen molar-refractivity contribution in [2.45, 2.75) is 69.6 Å². The second kappa shape index (κ2) is 8.50. The monoisotopic (exact) mass is 339 g/mol. The van der Waals surface area contributed by atoms with Gasteiger partial charge in [0.2, 0.25) is 0 Å². The van der Waals surface area contributed by atoms with Gasteiger partial charge in [-0.2, -0.15) is 0 Å². The maximum atomic E-state index is 12.4. The number of nitrogens with one attached hydrogen (secondary N) is 2. The Balaban J connectivity index is 1.52. The summed E-state index contributed by atoms with van der Waals surface area (Å²) in [5, 5.41) is 6.32. The third-order valence-corrected chi connectivity index (χ3v) is 5.86. The maximum Gasteiger partial charge on any atom is 0.315 e. The first kappa shape index (κ1) is 18.0. The van der Waals surface area contributed by atoms with Crippen molar-refractivity contribution in [3.05, 3.63) is 0 Å². The minimum atomic E-state index is -0.0210. The van der Waals surface area contributed by atoms with Gasteiger partial charge in [-0.3, -0.25) is 4.90 Å². The van der Waals surface area contributed by atoms with E-state index in [-0.39, 0.29) is 23.7 Å². The molecule has 0 aromatic rings. The normalized spacial score (nSPS) is 31.4. The predicted octanol–water partition coefficient (Wildman–Crippen LogP) is 1.89. The molecule has 2 amide bonds. The third-order valence-electron chi connectivity index (χ3n) is 5.86. The van der Waals surface area contributed by atoms with Crippen molar-refractivity contribution in [3.8, 4) is 0 Å². The summed E-state index contributed by atoms with van der Waals surface area (Å²) in [6, 6.07) is 0.215. The van der Waals surface area contributed by atoms with Crippen molar-refractivity contribution in [2.75, 3.05) is 39.5 Å². The van der Waals surface area contributed by atoms with Gasteiger partial charge in [-0.25, -0.2) is 4.79 Å². The molecule has 0 bridgehead atoms. The fourth-order valence-corrected chi connectivity index (χ4v) is 4.46. The molecule has 3 aliphatic rings. The van der Waals surface area contributed by atoms with Crippen molar-refractivity contribution in [1.82, 2.24) is 15.5 Å². The molecule has 3 fully saturated rings. The van der Waals surface area contributed by atoms with Gasteiger partial charge in [-0.1, -0.05) is 19.3 Å². The van der Waals surface area contributed by atoms with Crippen LogP contribution < -0.4 is 10.6 Å². The highest BCUT2D eigenvalue weighted by Crippen LogP contribution is 2.33. The van der Waals surface area contributed by atoms with Gasteiger partial charge in [0.05, 0.1) is 19.3 Å². The van der Waals surface area contributed by atoms with Crippen LogP contribution in [0.1, 0.15) is 51.9 Å². The number of ether oxygens (including phenoxy) is 2. The summed E-state index contributed by atoms with van der Waals surface area (Å²) in [6.45, 7) is 7.16. The first-order valence-electron chi connectivity index (χ1n) is 9.67. The minimum absolute atomic E-state index is 0.0210. The lowest BCUT2D eigenvalue weighted by atomic mass is 9.80. The zero-order chi connectivity index (χ0) is 16.8. The second-order valence-corrected chi connectivity index (χ2v) is 7.61. The molecule has 2 heterocycles. The van der Waals surface area contributed by atoms with Crippen LogP contribution in [-0.4, -0.2) is 68.1 Å². The van der Waals surface area contributed by atoms with E-state index in [1.54, 1.807) is 0 Å². The SMILES string of the molecule is C[C@@H]1C[C@H](NC(=O)NCC2(N3CCOCC3)CCCCC2)CCO1. The van der Waals surface area contributed by atoms with E-state index in [9.17, 15) is 4.79 Å². The highest BCUT2D eigenvalue weighted by atomic mass is 16.5. The second-order valence-electron chi connectivity index (χ2n) is 7.61. The van der Waals surface area contributed by atoms with E-state index >= 15 is 0 Å². The van der Waals surface area contributed by atoms with Gasteiger partial charge in [0.25, 0.3) is 0 Å². The van der Waals surface area contributed by atoms with Crippen LogP contribution in [0, 0.1) is 0 Å². The van der Waals surface area contributed by atoms with E-state index in [2.05, 4.69) is 22.5 Å². The number of morpholine rings is 1. The Kier molecular flexibility index (Phi) is 6.36. The first-order chi connectivity index (χ1) is 11.7. The van der Waals surface area contributed by atoms with Gasteiger partial charge in [0.1, 0.15) is 0 Å². The lowest BCUT2D eigenvalue weighted by molar-refractivity contribution is -0.0358. The average Bonchev–Trinajstić information content (AvgIpc) is 2.62. The fraction of sp³-hybridized carbons (Fsp3) is 0.944. The molecular formula is C18H33N3O3. The van der Waals surface area contributed by atoms with Crippen LogP contribution in [0.2, 0.25) is 0 Å². The first-order valence-corrected chi connectivity index (χ1v) is 9.67. The molecule has 2 atom stereocenters. The number of urea groups is 1. The molecule has 24 heavy (non-hydrogen) atoms. The minimum Gasteiger partial charge on any atom is -0.379 e. The maximum absolute atomic E-state index is 12.4. The fourth-order valence-electron chi connectivity index (χ4n) is 4.46. The molecule has 2 saturated heterocycles. The molecule has 0 aromatic heterocycles. The molecule has 0 radical (unpaired) electrons. The van der Waals surface area contributed by atoms with Gasteiger partial charge in [-0.15, -0.1) is 0 Å². The van der Waals surface area contributed by atoms with E-state index in [1.807, 2.05) is 0 Å². The molecule has 2 aliphatic heterocycles. The number of carbonyl (C=O) groups is 1. The molecule has 6 nitrogen and oxygen atoms in total. The Morgan fingerprint density at radius 3 is 2.62 bits per heavy atom. The molecular weight excluding hydrogens is 306 g/mol. The van der Waals surface area contributed by atoms with Crippen molar-refractivity contribution < 1.29 is 14.3 Å². The Labute approximate surface area is 145 Å². The lowest BCUT2D eigenvalue weighted by Crippen LogP contribution is -2.60. The number of hydrogen-bond donors (Lipinski definition) is 2. The highest BCUT2D eigenvalue weighted by molar-refractivity contribution is 5.74. The molecule has 1 aliphatic carbocycles. The van der Waals surface area contributed by atoms with Gasteiger partial charge >= 0.3 is 6.03 Å².